The summed E-state index contributed by atoms with van der Waals surface area (Å²) in [6, 6.07) is 25.2. The van der Waals surface area contributed by atoms with Crippen molar-refractivity contribution in [3.63, 3.8) is 0 Å². The lowest BCUT2D eigenvalue weighted by Gasteiger charge is -2.31. The number of rotatable bonds is 3. The van der Waals surface area contributed by atoms with Gasteiger partial charge in [0.1, 0.15) is 6.10 Å². The molecule has 0 saturated heterocycles. The molecule has 4 nitrogen and oxygen atoms in total. The molecular weight excluding hydrogens is 326 g/mol. The molecule has 2 unspecified atom stereocenters. The minimum atomic E-state index is -0.696. The zero-order valence-electron chi connectivity index (χ0n) is 14.4. The first-order chi connectivity index (χ1) is 12.7. The van der Waals surface area contributed by atoms with E-state index >= 15 is 0 Å². The molecule has 1 aliphatic rings. The maximum absolute atomic E-state index is 12.6. The van der Waals surface area contributed by atoms with Crippen molar-refractivity contribution in [2.45, 2.75) is 19.1 Å². The number of nitrogens with one attached hydrogen (secondary N) is 1. The lowest BCUT2D eigenvalue weighted by atomic mass is 10.1. The molecule has 1 aliphatic heterocycles. The molecule has 2 atom stereocenters. The van der Waals surface area contributed by atoms with Crippen molar-refractivity contribution in [2.75, 3.05) is 5.32 Å². The van der Waals surface area contributed by atoms with Gasteiger partial charge >= 0.3 is 0 Å². The number of anilines is 1. The number of carbonyl (C=O) groups is 1. The van der Waals surface area contributed by atoms with Crippen LogP contribution in [0, 0.1) is 0 Å². The molecule has 0 spiro atoms. The quantitative estimate of drug-likeness (QED) is 0.759. The van der Waals surface area contributed by atoms with Crippen molar-refractivity contribution in [1.29, 1.82) is 0 Å². The highest BCUT2D eigenvalue weighted by atomic mass is 16.6. The van der Waals surface area contributed by atoms with Crippen LogP contribution in [0.15, 0.2) is 78.9 Å². The van der Waals surface area contributed by atoms with Gasteiger partial charge in [-0.3, -0.25) is 4.79 Å². The molecule has 4 rings (SSSR count). The van der Waals surface area contributed by atoms with Gasteiger partial charge in [0.15, 0.2) is 11.5 Å². The fourth-order valence-corrected chi connectivity index (χ4v) is 3.00. The molecule has 3 aromatic rings. The molecule has 3 aromatic carbocycles. The Kier molecular flexibility index (Phi) is 4.32. The first-order valence-corrected chi connectivity index (χ1v) is 8.59. The Morgan fingerprint density at radius 1 is 0.769 bits per heavy atom. The molecule has 1 heterocycles. The Hall–Kier alpha value is -3.27. The SMILES string of the molecule is CC1Oc2ccccc2OC1C(=O)Nc1ccc(-c2ccccc2)cc1. The molecule has 4 heteroatoms. The number of para-hydroxylation sites is 2. The zero-order chi connectivity index (χ0) is 17.9. The Bertz CT molecular complexity index is 906. The van der Waals surface area contributed by atoms with Crippen molar-refractivity contribution in [3.8, 4) is 22.6 Å². The van der Waals surface area contributed by atoms with E-state index in [1.807, 2.05) is 67.6 Å². The van der Waals surface area contributed by atoms with Gasteiger partial charge < -0.3 is 14.8 Å². The van der Waals surface area contributed by atoms with Crippen LogP contribution in [0.25, 0.3) is 11.1 Å². The van der Waals surface area contributed by atoms with Crippen LogP contribution >= 0.6 is 0 Å². The van der Waals surface area contributed by atoms with Crippen LogP contribution in [0.3, 0.4) is 0 Å². The van der Waals surface area contributed by atoms with Gasteiger partial charge in [0.05, 0.1) is 0 Å². The number of fused-ring (bicyclic) bond motifs is 1. The highest BCUT2D eigenvalue weighted by molar-refractivity contribution is 5.95. The van der Waals surface area contributed by atoms with Crippen LogP contribution in [0.5, 0.6) is 11.5 Å². The second-order valence-electron chi connectivity index (χ2n) is 6.24. The van der Waals surface area contributed by atoms with Gasteiger partial charge in [0.25, 0.3) is 5.91 Å². The minimum absolute atomic E-state index is 0.223. The number of carbonyl (C=O) groups excluding carboxylic acids is 1. The molecule has 0 aliphatic carbocycles. The summed E-state index contributed by atoms with van der Waals surface area (Å²) in [5.74, 6) is 1.03. The van der Waals surface area contributed by atoms with E-state index in [-0.39, 0.29) is 12.0 Å². The predicted molar refractivity (Wildman–Crippen MR) is 101 cm³/mol. The van der Waals surface area contributed by atoms with Crippen LogP contribution in [0.4, 0.5) is 5.69 Å². The highest BCUT2D eigenvalue weighted by Gasteiger charge is 2.34. The maximum atomic E-state index is 12.6. The summed E-state index contributed by atoms with van der Waals surface area (Å²) in [5.41, 5.74) is 2.96. The third kappa shape index (κ3) is 3.26. The summed E-state index contributed by atoms with van der Waals surface area (Å²) in [6.45, 7) is 1.83. The van der Waals surface area contributed by atoms with Gasteiger partial charge in [-0.1, -0.05) is 54.6 Å². The van der Waals surface area contributed by atoms with Crippen molar-refractivity contribution in [3.05, 3.63) is 78.9 Å². The molecule has 0 bridgehead atoms. The van der Waals surface area contributed by atoms with E-state index in [0.29, 0.717) is 11.5 Å². The van der Waals surface area contributed by atoms with E-state index < -0.39 is 6.10 Å². The largest absolute Gasteiger partial charge is 0.482 e. The van der Waals surface area contributed by atoms with E-state index in [2.05, 4.69) is 17.4 Å². The Morgan fingerprint density at radius 2 is 1.35 bits per heavy atom. The molecule has 130 valence electrons. The average Bonchev–Trinajstić information content (AvgIpc) is 2.68. The molecule has 26 heavy (non-hydrogen) atoms. The van der Waals surface area contributed by atoms with Crippen molar-refractivity contribution in [1.82, 2.24) is 0 Å². The summed E-state index contributed by atoms with van der Waals surface area (Å²) >= 11 is 0. The summed E-state index contributed by atoms with van der Waals surface area (Å²) in [4.78, 5) is 12.6. The number of ether oxygens (including phenoxy) is 2. The normalized spacial score (nSPS) is 18.2. The van der Waals surface area contributed by atoms with Gasteiger partial charge in [-0.15, -0.1) is 0 Å². The van der Waals surface area contributed by atoms with E-state index in [0.717, 1.165) is 16.8 Å². The third-order valence-corrected chi connectivity index (χ3v) is 4.36. The standard InChI is InChI=1S/C22H19NO3/c1-15-21(26-20-10-6-5-9-19(20)25-15)22(24)23-18-13-11-17(12-14-18)16-7-3-2-4-8-16/h2-15,21H,1H3,(H,23,24). The summed E-state index contributed by atoms with van der Waals surface area (Å²) in [5, 5.41) is 2.91. The predicted octanol–water partition coefficient (Wildman–Crippen LogP) is 4.52. The van der Waals surface area contributed by atoms with Crippen molar-refractivity contribution < 1.29 is 14.3 Å². The summed E-state index contributed by atoms with van der Waals surface area (Å²) in [7, 11) is 0. The van der Waals surface area contributed by atoms with Crippen LogP contribution in [0.1, 0.15) is 6.92 Å². The molecule has 0 saturated carbocycles. The van der Waals surface area contributed by atoms with Crippen molar-refractivity contribution in [2.24, 2.45) is 0 Å². The number of hydrogen-bond acceptors (Lipinski definition) is 3. The molecule has 0 radical (unpaired) electrons. The minimum Gasteiger partial charge on any atom is -0.482 e. The van der Waals surface area contributed by atoms with Gasteiger partial charge in [-0.2, -0.15) is 0 Å². The molecule has 0 fully saturated rings. The van der Waals surface area contributed by atoms with Crippen molar-refractivity contribution >= 4 is 11.6 Å². The molecular formula is C22H19NO3. The Balaban J connectivity index is 1.47. The molecule has 0 aromatic heterocycles. The van der Waals surface area contributed by atoms with Crippen LogP contribution < -0.4 is 14.8 Å². The van der Waals surface area contributed by atoms with Gasteiger partial charge in [-0.05, 0) is 42.3 Å². The van der Waals surface area contributed by atoms with E-state index in [9.17, 15) is 4.79 Å². The number of benzene rings is 3. The second-order valence-corrected chi connectivity index (χ2v) is 6.24. The lowest BCUT2D eigenvalue weighted by molar-refractivity contribution is -0.128. The molecule has 1 N–H and O–H groups in total. The average molecular weight is 345 g/mol. The van der Waals surface area contributed by atoms with E-state index in [1.54, 1.807) is 6.07 Å². The Labute approximate surface area is 152 Å². The van der Waals surface area contributed by atoms with Gasteiger partial charge in [0.2, 0.25) is 6.10 Å². The van der Waals surface area contributed by atoms with Crippen LogP contribution in [-0.2, 0) is 4.79 Å². The lowest BCUT2D eigenvalue weighted by Crippen LogP contribution is -2.46. The third-order valence-electron chi connectivity index (χ3n) is 4.36. The number of hydrogen-bond donors (Lipinski definition) is 1. The zero-order valence-corrected chi connectivity index (χ0v) is 14.4. The Morgan fingerprint density at radius 3 is 2.04 bits per heavy atom. The number of amides is 1. The summed E-state index contributed by atoms with van der Waals surface area (Å²) < 4.78 is 11.6. The van der Waals surface area contributed by atoms with Gasteiger partial charge in [0, 0.05) is 5.69 Å². The maximum Gasteiger partial charge on any atom is 0.269 e. The topological polar surface area (TPSA) is 47.6 Å². The van der Waals surface area contributed by atoms with Crippen LogP contribution in [-0.4, -0.2) is 18.1 Å². The fraction of sp³-hybridized carbons (Fsp3) is 0.136. The van der Waals surface area contributed by atoms with Crippen LogP contribution in [0.2, 0.25) is 0 Å². The second kappa shape index (κ2) is 6.92. The first-order valence-electron chi connectivity index (χ1n) is 8.59. The van der Waals surface area contributed by atoms with Gasteiger partial charge in [-0.25, -0.2) is 0 Å². The summed E-state index contributed by atoms with van der Waals surface area (Å²) in [6.07, 6.45) is -1.06. The highest BCUT2D eigenvalue weighted by Crippen LogP contribution is 2.33. The van der Waals surface area contributed by atoms with E-state index in [4.69, 9.17) is 9.47 Å². The first kappa shape index (κ1) is 16.2. The molecule has 1 amide bonds. The fourth-order valence-electron chi connectivity index (χ4n) is 3.00. The van der Waals surface area contributed by atoms with E-state index in [1.165, 1.54) is 0 Å². The monoisotopic (exact) mass is 345 g/mol. The smallest absolute Gasteiger partial charge is 0.269 e.